The van der Waals surface area contributed by atoms with Gasteiger partial charge in [0.1, 0.15) is 6.10 Å². The number of aromatic hydroxyl groups is 1. The number of hydrogen-bond acceptors (Lipinski definition) is 8. The summed E-state index contributed by atoms with van der Waals surface area (Å²) >= 11 is 0. The predicted octanol–water partition coefficient (Wildman–Crippen LogP) is 3.05. The lowest BCUT2D eigenvalue weighted by molar-refractivity contribution is -0.0103. The van der Waals surface area contributed by atoms with Crippen molar-refractivity contribution in [1.29, 1.82) is 0 Å². The van der Waals surface area contributed by atoms with E-state index in [1.807, 2.05) is 0 Å². The molecule has 29 heavy (non-hydrogen) atoms. The molecule has 0 aliphatic carbocycles. The van der Waals surface area contributed by atoms with E-state index in [2.05, 4.69) is 0 Å². The summed E-state index contributed by atoms with van der Waals surface area (Å²) in [5, 5.41) is 20.4. The summed E-state index contributed by atoms with van der Waals surface area (Å²) in [5.74, 6) is 0.235. The van der Waals surface area contributed by atoms with Gasteiger partial charge in [-0.1, -0.05) is 6.92 Å². The number of carbonyl (C=O) groups is 1. The highest BCUT2D eigenvalue weighted by Gasteiger charge is 2.30. The summed E-state index contributed by atoms with van der Waals surface area (Å²) in [6, 6.07) is 7.79. The maximum Gasteiger partial charge on any atom is 0.338 e. The summed E-state index contributed by atoms with van der Waals surface area (Å²) in [5.41, 5.74) is 0.740. The van der Waals surface area contributed by atoms with Gasteiger partial charge in [-0.25, -0.2) is 4.79 Å². The molecule has 0 amide bonds. The van der Waals surface area contributed by atoms with Crippen molar-refractivity contribution in [3.05, 3.63) is 41.5 Å². The minimum atomic E-state index is -0.848. The Kier molecular flexibility index (Phi) is 6.03. The van der Waals surface area contributed by atoms with E-state index >= 15 is 0 Å². The molecule has 3 rings (SSSR count). The van der Waals surface area contributed by atoms with Crippen LogP contribution in [-0.4, -0.2) is 43.3 Å². The lowest BCUT2D eigenvalue weighted by atomic mass is 9.92. The molecule has 0 aromatic heterocycles. The number of fused-ring (bicyclic) bond motifs is 1. The average molecular weight is 404 g/mol. The molecule has 0 saturated heterocycles. The summed E-state index contributed by atoms with van der Waals surface area (Å²) in [6.45, 7) is 3.45. The Hall–Kier alpha value is -3.13. The second-order valence-corrected chi connectivity index (χ2v) is 6.77. The standard InChI is InChI=1S/C21H24O8/c1-11(12(2)22)19(14-7-15(23)20(26-4)18(9-14)25-3)29-21(24)13-5-6-16-17(8-13)28-10-27-16/h5-9,11-12,19,22-23H,10H2,1-4H3/t11-,12?,19?/m1/s1. The van der Waals surface area contributed by atoms with Gasteiger partial charge in [-0.3, -0.25) is 0 Å². The molecule has 8 nitrogen and oxygen atoms in total. The van der Waals surface area contributed by atoms with E-state index in [-0.39, 0.29) is 29.6 Å². The number of aliphatic hydroxyl groups is 1. The van der Waals surface area contributed by atoms with Crippen LogP contribution in [0.1, 0.15) is 35.9 Å². The molecule has 2 N–H and O–H groups in total. The van der Waals surface area contributed by atoms with Crippen molar-refractivity contribution in [2.75, 3.05) is 21.0 Å². The zero-order valence-electron chi connectivity index (χ0n) is 16.7. The van der Waals surface area contributed by atoms with Gasteiger partial charge >= 0.3 is 5.97 Å². The Balaban J connectivity index is 1.94. The summed E-state index contributed by atoms with van der Waals surface area (Å²) in [4.78, 5) is 12.8. The molecular weight excluding hydrogens is 380 g/mol. The van der Waals surface area contributed by atoms with Crippen LogP contribution in [0.2, 0.25) is 0 Å². The van der Waals surface area contributed by atoms with Crippen LogP contribution in [0.5, 0.6) is 28.7 Å². The lowest BCUT2D eigenvalue weighted by Gasteiger charge is -2.27. The first-order valence-corrected chi connectivity index (χ1v) is 9.09. The van der Waals surface area contributed by atoms with Crippen molar-refractivity contribution in [2.45, 2.75) is 26.1 Å². The van der Waals surface area contributed by atoms with Gasteiger partial charge in [0.25, 0.3) is 0 Å². The topological polar surface area (TPSA) is 104 Å². The van der Waals surface area contributed by atoms with Gasteiger partial charge in [0.05, 0.1) is 25.9 Å². The van der Waals surface area contributed by atoms with Crippen LogP contribution < -0.4 is 18.9 Å². The van der Waals surface area contributed by atoms with Gasteiger partial charge in [0, 0.05) is 11.5 Å². The SMILES string of the molecule is COc1cc(C(OC(=O)c2ccc3c(c2)OCO3)[C@H](C)C(C)O)cc(O)c1OC. The number of benzene rings is 2. The molecule has 0 saturated carbocycles. The molecule has 0 fully saturated rings. The largest absolute Gasteiger partial charge is 0.504 e. The van der Waals surface area contributed by atoms with Gasteiger partial charge in [0.15, 0.2) is 23.0 Å². The number of rotatable bonds is 7. The van der Waals surface area contributed by atoms with E-state index in [0.717, 1.165) is 0 Å². The molecule has 8 heteroatoms. The van der Waals surface area contributed by atoms with Crippen LogP contribution in [0, 0.1) is 5.92 Å². The highest BCUT2D eigenvalue weighted by molar-refractivity contribution is 5.90. The third-order valence-corrected chi connectivity index (χ3v) is 4.89. The third-order valence-electron chi connectivity index (χ3n) is 4.89. The second kappa shape index (κ2) is 8.48. The Bertz CT molecular complexity index is 892. The van der Waals surface area contributed by atoms with Crippen molar-refractivity contribution in [3.8, 4) is 28.7 Å². The Morgan fingerprint density at radius 2 is 1.79 bits per heavy atom. The molecule has 2 aromatic rings. The fraction of sp³-hybridized carbons (Fsp3) is 0.381. The monoisotopic (exact) mass is 404 g/mol. The van der Waals surface area contributed by atoms with Crippen molar-refractivity contribution < 1.29 is 38.7 Å². The van der Waals surface area contributed by atoms with Gasteiger partial charge in [-0.15, -0.1) is 0 Å². The van der Waals surface area contributed by atoms with E-state index < -0.39 is 24.1 Å². The maximum atomic E-state index is 12.8. The summed E-state index contributed by atoms with van der Waals surface area (Å²) in [7, 11) is 2.85. The number of ether oxygens (including phenoxy) is 5. The molecule has 2 aromatic carbocycles. The van der Waals surface area contributed by atoms with Gasteiger partial charge in [-0.2, -0.15) is 0 Å². The van der Waals surface area contributed by atoms with Gasteiger partial charge in [0.2, 0.25) is 12.5 Å². The molecule has 1 aliphatic heterocycles. The normalized spacial score (nSPS) is 15.3. The molecular formula is C21H24O8. The molecule has 1 aliphatic rings. The minimum Gasteiger partial charge on any atom is -0.504 e. The average Bonchev–Trinajstić information content (AvgIpc) is 3.18. The number of aliphatic hydroxyl groups excluding tert-OH is 1. The Morgan fingerprint density at radius 1 is 1.07 bits per heavy atom. The number of hydrogen-bond donors (Lipinski definition) is 2. The molecule has 0 radical (unpaired) electrons. The molecule has 3 atom stereocenters. The molecule has 2 unspecified atom stereocenters. The number of phenolic OH excluding ortho intramolecular Hbond substituents is 1. The zero-order valence-corrected chi connectivity index (χ0v) is 16.7. The maximum absolute atomic E-state index is 12.8. The first-order valence-electron chi connectivity index (χ1n) is 9.09. The van der Waals surface area contributed by atoms with Crippen LogP contribution in [0.25, 0.3) is 0 Å². The van der Waals surface area contributed by atoms with E-state index in [0.29, 0.717) is 17.1 Å². The van der Waals surface area contributed by atoms with Crippen molar-refractivity contribution in [1.82, 2.24) is 0 Å². The molecule has 0 spiro atoms. The lowest BCUT2D eigenvalue weighted by Crippen LogP contribution is -2.25. The van der Waals surface area contributed by atoms with Gasteiger partial charge < -0.3 is 33.9 Å². The van der Waals surface area contributed by atoms with Crippen LogP contribution in [0.4, 0.5) is 0 Å². The molecule has 156 valence electrons. The van der Waals surface area contributed by atoms with Crippen molar-refractivity contribution >= 4 is 5.97 Å². The molecule has 0 bridgehead atoms. The number of esters is 1. The summed E-state index contributed by atoms with van der Waals surface area (Å²) in [6.07, 6.45) is -1.63. The van der Waals surface area contributed by atoms with Crippen LogP contribution in [-0.2, 0) is 4.74 Å². The van der Waals surface area contributed by atoms with E-state index in [9.17, 15) is 15.0 Å². The van der Waals surface area contributed by atoms with Gasteiger partial charge in [-0.05, 0) is 37.3 Å². The zero-order chi connectivity index (χ0) is 21.1. The first kappa shape index (κ1) is 20.6. The third kappa shape index (κ3) is 4.17. The highest BCUT2D eigenvalue weighted by atomic mass is 16.7. The van der Waals surface area contributed by atoms with E-state index in [4.69, 9.17) is 23.7 Å². The quantitative estimate of drug-likeness (QED) is 0.679. The highest BCUT2D eigenvalue weighted by Crippen LogP contribution is 2.42. The second-order valence-electron chi connectivity index (χ2n) is 6.77. The van der Waals surface area contributed by atoms with E-state index in [1.165, 1.54) is 20.3 Å². The predicted molar refractivity (Wildman–Crippen MR) is 103 cm³/mol. The number of phenols is 1. The minimum absolute atomic E-state index is 0.0977. The van der Waals surface area contributed by atoms with Crippen LogP contribution >= 0.6 is 0 Å². The van der Waals surface area contributed by atoms with Crippen molar-refractivity contribution in [3.63, 3.8) is 0 Å². The fourth-order valence-corrected chi connectivity index (χ4v) is 3.07. The Labute approximate surface area is 168 Å². The fourth-order valence-electron chi connectivity index (χ4n) is 3.07. The van der Waals surface area contributed by atoms with Crippen molar-refractivity contribution in [2.24, 2.45) is 5.92 Å². The summed E-state index contributed by atoms with van der Waals surface area (Å²) < 4.78 is 26.7. The number of methoxy groups -OCH3 is 2. The first-order chi connectivity index (χ1) is 13.8. The Morgan fingerprint density at radius 3 is 2.45 bits per heavy atom. The van der Waals surface area contributed by atoms with Crippen LogP contribution in [0.3, 0.4) is 0 Å². The smallest absolute Gasteiger partial charge is 0.338 e. The van der Waals surface area contributed by atoms with E-state index in [1.54, 1.807) is 38.1 Å². The van der Waals surface area contributed by atoms with Crippen LogP contribution in [0.15, 0.2) is 30.3 Å². The molecule has 1 heterocycles. The number of carbonyl (C=O) groups excluding carboxylic acids is 1.